The Kier molecular flexibility index (Phi) is 4.43. The molecule has 0 unspecified atom stereocenters. The Hall–Kier alpha value is -1.73. The molecule has 0 aliphatic heterocycles. The van der Waals surface area contributed by atoms with Crippen LogP contribution >= 0.6 is 15.9 Å². The normalized spacial score (nSPS) is 11.2. The van der Waals surface area contributed by atoms with Gasteiger partial charge in [-0.05, 0) is 42.8 Å². The van der Waals surface area contributed by atoms with E-state index in [2.05, 4.69) is 20.7 Å². The molecule has 0 saturated carbocycles. The summed E-state index contributed by atoms with van der Waals surface area (Å²) >= 11 is 3.34. The molecule has 0 bridgehead atoms. The smallest absolute Gasteiger partial charge is 0.262 e. The van der Waals surface area contributed by atoms with Gasteiger partial charge in [-0.1, -0.05) is 15.9 Å². The zero-order valence-electron chi connectivity index (χ0n) is 11.6. The third kappa shape index (κ3) is 3.68. The van der Waals surface area contributed by atoms with E-state index in [-0.39, 0.29) is 4.90 Å². The number of nitrogens with one attached hydrogen (secondary N) is 1. The van der Waals surface area contributed by atoms with Gasteiger partial charge in [0.1, 0.15) is 5.75 Å². The molecular weight excluding hydrogens is 356 g/mol. The second-order valence-corrected chi connectivity index (χ2v) is 7.12. The van der Waals surface area contributed by atoms with E-state index in [0.717, 1.165) is 10.0 Å². The molecule has 3 N–H and O–H groups in total. The Balaban J connectivity index is 2.38. The molecular formula is C14H15BrN2O3S. The summed E-state index contributed by atoms with van der Waals surface area (Å²) in [4.78, 5) is 0.0891. The van der Waals surface area contributed by atoms with Gasteiger partial charge in [0.05, 0.1) is 23.4 Å². The van der Waals surface area contributed by atoms with E-state index in [4.69, 9.17) is 10.5 Å². The minimum Gasteiger partial charge on any atom is -0.495 e. The maximum Gasteiger partial charge on any atom is 0.262 e. The first kappa shape index (κ1) is 15.7. The summed E-state index contributed by atoms with van der Waals surface area (Å²) in [7, 11) is -2.26. The van der Waals surface area contributed by atoms with E-state index in [0.29, 0.717) is 17.1 Å². The quantitative estimate of drug-likeness (QED) is 0.809. The second kappa shape index (κ2) is 5.95. The van der Waals surface area contributed by atoms with Gasteiger partial charge in [0, 0.05) is 10.5 Å². The maximum absolute atomic E-state index is 12.4. The predicted octanol–water partition coefficient (Wildman–Crippen LogP) is 3.15. The molecule has 0 radical (unpaired) electrons. The molecule has 2 aromatic rings. The van der Waals surface area contributed by atoms with Gasteiger partial charge >= 0.3 is 0 Å². The molecule has 0 fully saturated rings. The molecule has 5 nitrogen and oxygen atoms in total. The van der Waals surface area contributed by atoms with E-state index in [1.807, 2.05) is 13.0 Å². The molecule has 21 heavy (non-hydrogen) atoms. The van der Waals surface area contributed by atoms with Crippen molar-refractivity contribution in [3.63, 3.8) is 0 Å². The van der Waals surface area contributed by atoms with Gasteiger partial charge in [-0.2, -0.15) is 0 Å². The third-order valence-electron chi connectivity index (χ3n) is 2.81. The van der Waals surface area contributed by atoms with Crippen LogP contribution < -0.4 is 15.2 Å². The molecule has 7 heteroatoms. The Morgan fingerprint density at radius 2 is 1.90 bits per heavy atom. The molecule has 0 aromatic heterocycles. The molecule has 2 aromatic carbocycles. The van der Waals surface area contributed by atoms with Crippen LogP contribution in [0.4, 0.5) is 11.4 Å². The fourth-order valence-corrected chi connectivity index (χ4v) is 3.53. The number of rotatable bonds is 4. The van der Waals surface area contributed by atoms with Gasteiger partial charge in [0.15, 0.2) is 0 Å². The molecule has 0 aliphatic carbocycles. The van der Waals surface area contributed by atoms with E-state index >= 15 is 0 Å². The van der Waals surface area contributed by atoms with Gasteiger partial charge in [-0.15, -0.1) is 0 Å². The average molecular weight is 371 g/mol. The van der Waals surface area contributed by atoms with Crippen LogP contribution in [0.3, 0.4) is 0 Å². The lowest BCUT2D eigenvalue weighted by molar-refractivity contribution is 0.415. The van der Waals surface area contributed by atoms with E-state index in [1.54, 1.807) is 12.1 Å². The van der Waals surface area contributed by atoms with Crippen LogP contribution in [0.2, 0.25) is 0 Å². The Morgan fingerprint density at radius 3 is 2.52 bits per heavy atom. The van der Waals surface area contributed by atoms with Gasteiger partial charge in [-0.25, -0.2) is 8.42 Å². The van der Waals surface area contributed by atoms with Crippen LogP contribution in [-0.2, 0) is 10.0 Å². The Bertz CT molecular complexity index is 756. The summed E-state index contributed by atoms with van der Waals surface area (Å²) in [5.74, 6) is 0.322. The molecule has 112 valence electrons. The number of ether oxygens (including phenoxy) is 1. The van der Waals surface area contributed by atoms with Gasteiger partial charge in [0.25, 0.3) is 10.0 Å². The monoisotopic (exact) mass is 370 g/mol. The number of nitrogens with two attached hydrogens (primary N) is 1. The Morgan fingerprint density at radius 1 is 1.19 bits per heavy atom. The van der Waals surface area contributed by atoms with Crippen LogP contribution in [0.25, 0.3) is 0 Å². The van der Waals surface area contributed by atoms with Gasteiger partial charge < -0.3 is 10.5 Å². The summed E-state index contributed by atoms with van der Waals surface area (Å²) in [6.07, 6.45) is 0. The fourth-order valence-electron chi connectivity index (χ4n) is 1.87. The van der Waals surface area contributed by atoms with Gasteiger partial charge in [-0.3, -0.25) is 4.72 Å². The number of aryl methyl sites for hydroxylation is 1. The van der Waals surface area contributed by atoms with E-state index in [1.165, 1.54) is 25.3 Å². The van der Waals surface area contributed by atoms with Crippen molar-refractivity contribution in [3.8, 4) is 5.75 Å². The molecule has 0 atom stereocenters. The fraction of sp³-hybridized carbons (Fsp3) is 0.143. The lowest BCUT2D eigenvalue weighted by Crippen LogP contribution is -2.13. The predicted molar refractivity (Wildman–Crippen MR) is 87.1 cm³/mol. The number of hydrogen-bond donors (Lipinski definition) is 2. The highest BCUT2D eigenvalue weighted by Gasteiger charge is 2.16. The third-order valence-corrected chi connectivity index (χ3v) is 4.65. The largest absolute Gasteiger partial charge is 0.495 e. The number of anilines is 2. The van der Waals surface area contributed by atoms with Crippen molar-refractivity contribution in [2.75, 3.05) is 17.6 Å². The zero-order chi connectivity index (χ0) is 15.6. The van der Waals surface area contributed by atoms with Crippen molar-refractivity contribution in [2.24, 2.45) is 0 Å². The number of nitrogen functional groups attached to an aromatic ring is 1. The SMILES string of the molecule is COc1cc(S(=O)(=O)Nc2cc(C)cc(Br)c2)ccc1N. The van der Waals surface area contributed by atoms with Gasteiger partial charge in [0.2, 0.25) is 0 Å². The average Bonchev–Trinajstić information content (AvgIpc) is 2.37. The van der Waals surface area contributed by atoms with Crippen molar-refractivity contribution < 1.29 is 13.2 Å². The number of halogens is 1. The van der Waals surface area contributed by atoms with Crippen molar-refractivity contribution in [1.29, 1.82) is 0 Å². The Labute approximate surface area is 132 Å². The highest BCUT2D eigenvalue weighted by atomic mass is 79.9. The summed E-state index contributed by atoms with van der Waals surface area (Å²) in [5.41, 5.74) is 7.50. The minimum atomic E-state index is -3.70. The molecule has 0 heterocycles. The van der Waals surface area contributed by atoms with Crippen LogP contribution in [0.1, 0.15) is 5.56 Å². The second-order valence-electron chi connectivity index (χ2n) is 4.53. The molecule has 2 rings (SSSR count). The number of hydrogen-bond acceptors (Lipinski definition) is 4. The minimum absolute atomic E-state index is 0.0891. The zero-order valence-corrected chi connectivity index (χ0v) is 14.0. The van der Waals surface area contributed by atoms with E-state index < -0.39 is 10.0 Å². The van der Waals surface area contributed by atoms with Crippen molar-refractivity contribution >= 4 is 37.3 Å². The van der Waals surface area contributed by atoms with E-state index in [9.17, 15) is 8.42 Å². The highest BCUT2D eigenvalue weighted by molar-refractivity contribution is 9.10. The first-order chi connectivity index (χ1) is 9.81. The first-order valence-electron chi connectivity index (χ1n) is 6.05. The summed E-state index contributed by atoms with van der Waals surface area (Å²) in [6, 6.07) is 9.66. The van der Waals surface area contributed by atoms with Crippen LogP contribution in [0, 0.1) is 6.92 Å². The maximum atomic E-state index is 12.4. The molecule has 0 amide bonds. The molecule has 0 saturated heterocycles. The number of benzene rings is 2. The van der Waals surface area contributed by atoms with Crippen LogP contribution in [0.5, 0.6) is 5.75 Å². The summed E-state index contributed by atoms with van der Waals surface area (Å²) in [6.45, 7) is 1.88. The van der Waals surface area contributed by atoms with Crippen molar-refractivity contribution in [2.45, 2.75) is 11.8 Å². The van der Waals surface area contributed by atoms with Crippen molar-refractivity contribution in [1.82, 2.24) is 0 Å². The molecule has 0 spiro atoms. The topological polar surface area (TPSA) is 81.4 Å². The first-order valence-corrected chi connectivity index (χ1v) is 8.33. The van der Waals surface area contributed by atoms with Crippen molar-refractivity contribution in [3.05, 3.63) is 46.4 Å². The standard InChI is InChI=1S/C14H15BrN2O3S/c1-9-5-10(15)7-11(6-9)17-21(18,19)12-3-4-13(16)14(8-12)20-2/h3-8,17H,16H2,1-2H3. The van der Waals surface area contributed by atoms with Crippen LogP contribution in [-0.4, -0.2) is 15.5 Å². The number of sulfonamides is 1. The number of methoxy groups -OCH3 is 1. The summed E-state index contributed by atoms with van der Waals surface area (Å²) < 4.78 is 33.1. The lowest BCUT2D eigenvalue weighted by atomic mass is 10.2. The van der Waals surface area contributed by atoms with Crippen LogP contribution in [0.15, 0.2) is 45.8 Å². The molecule has 0 aliphatic rings. The highest BCUT2D eigenvalue weighted by Crippen LogP contribution is 2.27. The summed E-state index contributed by atoms with van der Waals surface area (Å²) in [5, 5.41) is 0. The lowest BCUT2D eigenvalue weighted by Gasteiger charge is -2.11.